The maximum absolute atomic E-state index is 13.5. The number of halogens is 5. The van der Waals surface area contributed by atoms with Crippen LogP contribution in [0.2, 0.25) is 10.0 Å². The summed E-state index contributed by atoms with van der Waals surface area (Å²) in [5.41, 5.74) is 0.398. The van der Waals surface area contributed by atoms with Gasteiger partial charge in [0.15, 0.2) is 0 Å². The summed E-state index contributed by atoms with van der Waals surface area (Å²) in [7, 11) is 0. The number of allylic oxidation sites excluding steroid dienone is 2. The molecule has 4 rings (SSSR count). The lowest BCUT2D eigenvalue weighted by Crippen LogP contribution is -2.31. The quantitative estimate of drug-likeness (QED) is 0.253. The van der Waals surface area contributed by atoms with E-state index in [2.05, 4.69) is 22.0 Å². The molecule has 0 saturated heterocycles. The van der Waals surface area contributed by atoms with Gasteiger partial charge in [0.05, 0.1) is 39.6 Å². The van der Waals surface area contributed by atoms with Crippen molar-refractivity contribution in [3.8, 4) is 6.07 Å². The highest BCUT2D eigenvalue weighted by Gasteiger charge is 2.36. The highest BCUT2D eigenvalue weighted by atomic mass is 35.5. The first-order valence-electron chi connectivity index (χ1n) is 12.0. The van der Waals surface area contributed by atoms with E-state index in [1.165, 1.54) is 12.1 Å². The first-order valence-corrected chi connectivity index (χ1v) is 13.8. The Labute approximate surface area is 248 Å². The summed E-state index contributed by atoms with van der Waals surface area (Å²) in [5, 5.41) is 19.4. The highest BCUT2D eigenvalue weighted by Crippen LogP contribution is 2.43. The SMILES string of the molecule is CC1=C(C(=O)Nc2ccc(Cl)cc2)C(c2ccccc2Cl)C(C#N)=C(SCC(=O)Nc2ccccc2C(F)(F)F)N1. The van der Waals surface area contributed by atoms with Crippen LogP contribution in [-0.4, -0.2) is 17.6 Å². The highest BCUT2D eigenvalue weighted by molar-refractivity contribution is 8.03. The first-order chi connectivity index (χ1) is 19.5. The van der Waals surface area contributed by atoms with E-state index in [0.29, 0.717) is 27.0 Å². The molecular weight excluding hydrogens is 596 g/mol. The third-order valence-corrected chi connectivity index (χ3v) is 7.68. The van der Waals surface area contributed by atoms with Gasteiger partial charge in [0, 0.05) is 27.0 Å². The van der Waals surface area contributed by atoms with Gasteiger partial charge in [-0.2, -0.15) is 18.4 Å². The van der Waals surface area contributed by atoms with Crippen LogP contribution in [0.15, 0.2) is 94.7 Å². The van der Waals surface area contributed by atoms with Crippen LogP contribution in [0, 0.1) is 11.3 Å². The van der Waals surface area contributed by atoms with Crippen molar-refractivity contribution in [3.63, 3.8) is 0 Å². The van der Waals surface area contributed by atoms with Crippen molar-refractivity contribution in [1.82, 2.24) is 5.32 Å². The number of thioether (sulfide) groups is 1. The predicted molar refractivity (Wildman–Crippen MR) is 155 cm³/mol. The summed E-state index contributed by atoms with van der Waals surface area (Å²) in [6, 6.07) is 20.1. The lowest BCUT2D eigenvalue weighted by molar-refractivity contribution is -0.137. The number of anilines is 2. The van der Waals surface area contributed by atoms with E-state index in [9.17, 15) is 28.0 Å². The molecule has 0 spiro atoms. The Morgan fingerprint density at radius 3 is 2.32 bits per heavy atom. The fourth-order valence-electron chi connectivity index (χ4n) is 4.24. The lowest BCUT2D eigenvalue weighted by Gasteiger charge is -2.30. The second-order valence-electron chi connectivity index (χ2n) is 8.81. The van der Waals surface area contributed by atoms with Gasteiger partial charge < -0.3 is 16.0 Å². The molecule has 1 heterocycles. The average Bonchev–Trinajstić information content (AvgIpc) is 2.92. The summed E-state index contributed by atoms with van der Waals surface area (Å²) in [4.78, 5) is 26.2. The van der Waals surface area contributed by atoms with E-state index < -0.39 is 29.5 Å². The molecule has 3 N–H and O–H groups in total. The lowest BCUT2D eigenvalue weighted by atomic mass is 9.82. The fraction of sp³-hybridized carbons (Fsp3) is 0.138. The molecule has 3 aromatic carbocycles. The van der Waals surface area contributed by atoms with Gasteiger partial charge in [-0.25, -0.2) is 0 Å². The van der Waals surface area contributed by atoms with Crippen molar-refractivity contribution in [2.75, 3.05) is 16.4 Å². The van der Waals surface area contributed by atoms with E-state index in [1.54, 1.807) is 55.5 Å². The number of hydrogen-bond acceptors (Lipinski definition) is 5. The van der Waals surface area contributed by atoms with Crippen molar-refractivity contribution in [2.24, 2.45) is 0 Å². The third-order valence-electron chi connectivity index (χ3n) is 6.06. The number of amides is 2. The van der Waals surface area contributed by atoms with Gasteiger partial charge in [0.25, 0.3) is 5.91 Å². The van der Waals surface area contributed by atoms with Gasteiger partial charge in [-0.3, -0.25) is 9.59 Å². The smallest absolute Gasteiger partial charge is 0.353 e. The molecule has 0 bridgehead atoms. The number of alkyl halides is 3. The van der Waals surface area contributed by atoms with Crippen LogP contribution in [0.4, 0.5) is 24.5 Å². The molecule has 1 atom stereocenters. The van der Waals surface area contributed by atoms with E-state index in [1.807, 2.05) is 0 Å². The Morgan fingerprint density at radius 1 is 1.00 bits per heavy atom. The predicted octanol–water partition coefficient (Wildman–Crippen LogP) is 7.72. The number of dihydropyridines is 1. The molecule has 41 heavy (non-hydrogen) atoms. The number of nitrogens with zero attached hydrogens (tertiary/aromatic N) is 1. The number of benzene rings is 3. The minimum atomic E-state index is -4.65. The summed E-state index contributed by atoms with van der Waals surface area (Å²) in [6.07, 6.45) is -4.65. The van der Waals surface area contributed by atoms with Crippen LogP contribution >= 0.6 is 35.0 Å². The number of rotatable bonds is 7. The zero-order valence-electron chi connectivity index (χ0n) is 21.3. The Morgan fingerprint density at radius 2 is 1.66 bits per heavy atom. The van der Waals surface area contributed by atoms with Crippen LogP contribution < -0.4 is 16.0 Å². The number of nitriles is 1. The van der Waals surface area contributed by atoms with E-state index >= 15 is 0 Å². The molecule has 1 unspecified atom stereocenters. The maximum Gasteiger partial charge on any atom is 0.418 e. The second-order valence-corrected chi connectivity index (χ2v) is 10.6. The Bertz CT molecular complexity index is 1600. The molecular formula is C29H21Cl2F3N4O2S. The van der Waals surface area contributed by atoms with Crippen molar-refractivity contribution < 1.29 is 22.8 Å². The van der Waals surface area contributed by atoms with Gasteiger partial charge >= 0.3 is 6.18 Å². The van der Waals surface area contributed by atoms with Crippen molar-refractivity contribution in [3.05, 3.63) is 116 Å². The minimum Gasteiger partial charge on any atom is -0.353 e. The first kappa shape index (κ1) is 30.1. The van der Waals surface area contributed by atoms with Gasteiger partial charge in [-0.15, -0.1) is 0 Å². The van der Waals surface area contributed by atoms with E-state index in [4.69, 9.17) is 23.2 Å². The largest absolute Gasteiger partial charge is 0.418 e. The zero-order valence-corrected chi connectivity index (χ0v) is 23.6. The number of carbonyl (C=O) groups excluding carboxylic acids is 2. The topological polar surface area (TPSA) is 94.0 Å². The van der Waals surface area contributed by atoms with Crippen LogP contribution in [0.3, 0.4) is 0 Å². The number of para-hydroxylation sites is 1. The molecule has 2 amide bonds. The molecule has 0 aliphatic carbocycles. The molecule has 12 heteroatoms. The normalized spacial score (nSPS) is 15.2. The van der Waals surface area contributed by atoms with E-state index in [-0.39, 0.29) is 27.6 Å². The molecule has 1 aliphatic heterocycles. The molecule has 0 aromatic heterocycles. The van der Waals surface area contributed by atoms with Gasteiger partial charge in [-0.05, 0) is 55.0 Å². The zero-order chi connectivity index (χ0) is 29.7. The minimum absolute atomic E-state index is 0.124. The number of nitrogens with one attached hydrogen (secondary N) is 3. The van der Waals surface area contributed by atoms with Gasteiger partial charge in [-0.1, -0.05) is 65.3 Å². The van der Waals surface area contributed by atoms with Crippen LogP contribution in [-0.2, 0) is 15.8 Å². The molecule has 0 fully saturated rings. The summed E-state index contributed by atoms with van der Waals surface area (Å²) in [5.74, 6) is -2.39. The monoisotopic (exact) mass is 616 g/mol. The Hall–Kier alpha value is -3.91. The summed E-state index contributed by atoms with van der Waals surface area (Å²) >= 11 is 13.4. The standard InChI is InChI=1S/C29H21Cl2F3N4O2S/c1-16-25(27(40)37-18-12-10-17(30)11-13-18)26(19-6-2-4-8-22(19)31)20(14-35)28(36-16)41-15-24(39)38-23-9-5-3-7-21(23)29(32,33)34/h2-13,26,36H,15H2,1H3,(H,37,40)(H,38,39). The van der Waals surface area contributed by atoms with Gasteiger partial charge in [0.1, 0.15) is 0 Å². The molecule has 1 aliphatic rings. The molecule has 0 saturated carbocycles. The van der Waals surface area contributed by atoms with E-state index in [0.717, 1.165) is 23.9 Å². The molecule has 0 radical (unpaired) electrons. The number of hydrogen-bond donors (Lipinski definition) is 3. The van der Waals surface area contributed by atoms with Gasteiger partial charge in [0.2, 0.25) is 5.91 Å². The average molecular weight is 617 g/mol. The number of carbonyl (C=O) groups is 2. The fourth-order valence-corrected chi connectivity index (χ4v) is 5.51. The summed E-state index contributed by atoms with van der Waals surface area (Å²) < 4.78 is 40.0. The molecule has 3 aromatic rings. The Kier molecular flexibility index (Phi) is 9.33. The van der Waals surface area contributed by atoms with Crippen molar-refractivity contribution >= 4 is 58.2 Å². The maximum atomic E-state index is 13.5. The van der Waals surface area contributed by atoms with Crippen LogP contribution in [0.1, 0.15) is 24.0 Å². The molecule has 210 valence electrons. The molecule has 6 nitrogen and oxygen atoms in total. The van der Waals surface area contributed by atoms with Crippen molar-refractivity contribution in [2.45, 2.75) is 19.0 Å². The third kappa shape index (κ3) is 7.06. The Balaban J connectivity index is 1.63. The summed E-state index contributed by atoms with van der Waals surface area (Å²) in [6.45, 7) is 1.65. The second kappa shape index (κ2) is 12.7. The van der Waals surface area contributed by atoms with Crippen molar-refractivity contribution in [1.29, 1.82) is 5.26 Å². The van der Waals surface area contributed by atoms with Crippen LogP contribution in [0.5, 0.6) is 0 Å². The van der Waals surface area contributed by atoms with Crippen LogP contribution in [0.25, 0.3) is 0 Å².